The summed E-state index contributed by atoms with van der Waals surface area (Å²) in [4.78, 5) is 0. The molecule has 0 aliphatic rings. The average molecular weight is 172 g/mol. The summed E-state index contributed by atoms with van der Waals surface area (Å²) in [5.74, 6) is 0. The fourth-order valence-corrected chi connectivity index (χ4v) is 0.344. The molecule has 1 heteroatoms. The van der Waals surface area contributed by atoms with Crippen LogP contribution < -0.4 is 5.32 Å². The van der Waals surface area contributed by atoms with E-state index >= 15 is 0 Å². The van der Waals surface area contributed by atoms with Crippen LogP contribution >= 0.6 is 0 Å². The number of rotatable bonds is 2. The van der Waals surface area contributed by atoms with Crippen molar-refractivity contribution < 1.29 is 5.32 Å². The molecule has 0 atom stereocenters. The first kappa shape index (κ1) is 17.5. The molecule has 1 nitrogen and oxygen atoms in total. The lowest BCUT2D eigenvalue weighted by Gasteiger charge is -1.83. The van der Waals surface area contributed by atoms with E-state index in [1.165, 1.54) is 5.57 Å². The van der Waals surface area contributed by atoms with Gasteiger partial charge in [-0.3, -0.25) is 0 Å². The third-order valence-electron chi connectivity index (χ3n) is 1.01. The summed E-state index contributed by atoms with van der Waals surface area (Å²) in [7, 11) is 2.01. The summed E-state index contributed by atoms with van der Waals surface area (Å²) in [6.45, 7) is 12.1. The SMILES string of the molecule is C/C=C(C)\C=C/[NH2+]C.CC.CC. The summed E-state index contributed by atoms with van der Waals surface area (Å²) in [6, 6.07) is 0. The zero-order valence-electron chi connectivity index (χ0n) is 9.81. The molecule has 0 heterocycles. The van der Waals surface area contributed by atoms with Crippen LogP contribution in [-0.4, -0.2) is 7.05 Å². The minimum atomic E-state index is 1.31. The monoisotopic (exact) mass is 172 g/mol. The molecule has 0 aromatic rings. The van der Waals surface area contributed by atoms with Crippen molar-refractivity contribution in [1.82, 2.24) is 0 Å². The van der Waals surface area contributed by atoms with Crippen LogP contribution in [0, 0.1) is 0 Å². The Morgan fingerprint density at radius 1 is 1.08 bits per heavy atom. The van der Waals surface area contributed by atoms with E-state index in [4.69, 9.17) is 0 Å². The second-order valence-corrected chi connectivity index (χ2v) is 1.73. The Bertz CT molecular complexity index is 102. The molecule has 2 N–H and O–H groups in total. The maximum atomic E-state index is 2.08. The molecule has 0 aliphatic carbocycles. The van der Waals surface area contributed by atoms with Gasteiger partial charge in [-0.15, -0.1) is 0 Å². The summed E-state index contributed by atoms with van der Waals surface area (Å²) in [5, 5.41) is 2.02. The Kier molecular flexibility index (Phi) is 32.7. The highest BCUT2D eigenvalue weighted by Crippen LogP contribution is 1.89. The van der Waals surface area contributed by atoms with E-state index in [1.807, 2.05) is 53.2 Å². The van der Waals surface area contributed by atoms with E-state index in [-0.39, 0.29) is 0 Å². The molecule has 0 unspecified atom stereocenters. The van der Waals surface area contributed by atoms with Crippen LogP contribution in [0.25, 0.3) is 0 Å². The van der Waals surface area contributed by atoms with Crippen molar-refractivity contribution >= 4 is 0 Å². The maximum Gasteiger partial charge on any atom is 0.0926 e. The quantitative estimate of drug-likeness (QED) is 0.617. The zero-order chi connectivity index (χ0) is 10.4. The molecule has 12 heavy (non-hydrogen) atoms. The van der Waals surface area contributed by atoms with E-state index in [0.29, 0.717) is 0 Å². The molecule has 0 aliphatic heterocycles. The molecular weight excluding hydrogens is 146 g/mol. The number of nitrogens with two attached hydrogens (primary N) is 1. The van der Waals surface area contributed by atoms with E-state index in [1.54, 1.807) is 0 Å². The van der Waals surface area contributed by atoms with Gasteiger partial charge in [0.15, 0.2) is 0 Å². The largest absolute Gasteiger partial charge is 0.322 e. The molecule has 0 aromatic carbocycles. The fourth-order valence-electron chi connectivity index (χ4n) is 0.344. The van der Waals surface area contributed by atoms with Crippen LogP contribution in [0.2, 0.25) is 0 Å². The first-order chi connectivity index (χ1) is 5.81. The molecule has 0 bridgehead atoms. The smallest absolute Gasteiger partial charge is 0.0926 e. The highest BCUT2D eigenvalue weighted by molar-refractivity contribution is 5.12. The molecule has 74 valence electrons. The summed E-state index contributed by atoms with van der Waals surface area (Å²) < 4.78 is 0. The predicted molar refractivity (Wildman–Crippen MR) is 59.1 cm³/mol. The Balaban J connectivity index is -0.000000175. The predicted octanol–water partition coefficient (Wildman–Crippen LogP) is 2.71. The van der Waals surface area contributed by atoms with Gasteiger partial charge < -0.3 is 5.32 Å². The fraction of sp³-hybridized carbons (Fsp3) is 0.636. The zero-order valence-corrected chi connectivity index (χ0v) is 9.81. The van der Waals surface area contributed by atoms with Gasteiger partial charge in [0.1, 0.15) is 0 Å². The third kappa shape index (κ3) is 22.7. The normalized spacial score (nSPS) is 9.75. The van der Waals surface area contributed by atoms with Gasteiger partial charge in [0.2, 0.25) is 0 Å². The van der Waals surface area contributed by atoms with Crippen LogP contribution in [0.3, 0.4) is 0 Å². The van der Waals surface area contributed by atoms with E-state index in [9.17, 15) is 0 Å². The van der Waals surface area contributed by atoms with E-state index < -0.39 is 0 Å². The Hall–Kier alpha value is -0.560. The van der Waals surface area contributed by atoms with Crippen LogP contribution in [-0.2, 0) is 0 Å². The summed E-state index contributed by atoms with van der Waals surface area (Å²) >= 11 is 0. The van der Waals surface area contributed by atoms with Crippen LogP contribution in [0.4, 0.5) is 0 Å². The molecule has 0 aromatic heterocycles. The van der Waals surface area contributed by atoms with Gasteiger partial charge in [-0.25, -0.2) is 0 Å². The van der Waals surface area contributed by atoms with Gasteiger partial charge in [-0.2, -0.15) is 0 Å². The van der Waals surface area contributed by atoms with Gasteiger partial charge >= 0.3 is 0 Å². The molecule has 0 spiro atoms. The van der Waals surface area contributed by atoms with E-state index in [2.05, 4.69) is 19.1 Å². The number of quaternary nitrogens is 1. The van der Waals surface area contributed by atoms with E-state index in [0.717, 1.165) is 0 Å². The second-order valence-electron chi connectivity index (χ2n) is 1.73. The van der Waals surface area contributed by atoms with Crippen molar-refractivity contribution in [3.05, 3.63) is 23.9 Å². The van der Waals surface area contributed by atoms with Gasteiger partial charge in [0.25, 0.3) is 0 Å². The first-order valence-corrected chi connectivity index (χ1v) is 4.90. The molecular formula is C11H26N+. The van der Waals surface area contributed by atoms with Crippen molar-refractivity contribution in [3.63, 3.8) is 0 Å². The lowest BCUT2D eigenvalue weighted by Crippen LogP contribution is -2.72. The molecule has 0 saturated heterocycles. The highest BCUT2D eigenvalue weighted by atomic mass is 14.8. The molecule has 0 amide bonds. The highest BCUT2D eigenvalue weighted by Gasteiger charge is 1.74. The Morgan fingerprint density at radius 2 is 1.50 bits per heavy atom. The summed E-state index contributed by atoms with van der Waals surface area (Å²) in [5.41, 5.74) is 1.31. The van der Waals surface area contributed by atoms with Crippen molar-refractivity contribution in [2.24, 2.45) is 0 Å². The van der Waals surface area contributed by atoms with Gasteiger partial charge in [0.05, 0.1) is 13.2 Å². The van der Waals surface area contributed by atoms with Crippen LogP contribution in [0.1, 0.15) is 41.5 Å². The second kappa shape index (κ2) is 22.4. The minimum Gasteiger partial charge on any atom is -0.322 e. The standard InChI is InChI=1S/C7H13N.2C2H6/c1-4-7(2)5-6-8-3;2*1-2/h4-6,8H,1-3H3;2*1-2H3/p+1/b6-5-,7-4-;;. The van der Waals surface area contributed by atoms with Gasteiger partial charge in [0, 0.05) is 0 Å². The molecule has 0 saturated carbocycles. The molecule has 0 fully saturated rings. The van der Waals surface area contributed by atoms with Crippen molar-refractivity contribution in [1.29, 1.82) is 0 Å². The number of allylic oxidation sites excluding steroid dienone is 3. The Morgan fingerprint density at radius 3 is 1.75 bits per heavy atom. The van der Waals surface area contributed by atoms with Crippen molar-refractivity contribution in [2.45, 2.75) is 41.5 Å². The minimum absolute atomic E-state index is 1.31. The Labute approximate surface area is 78.6 Å². The lowest BCUT2D eigenvalue weighted by molar-refractivity contribution is -0.556. The lowest BCUT2D eigenvalue weighted by atomic mass is 10.3. The van der Waals surface area contributed by atoms with Crippen LogP contribution in [0.5, 0.6) is 0 Å². The van der Waals surface area contributed by atoms with Crippen molar-refractivity contribution in [3.8, 4) is 0 Å². The van der Waals surface area contributed by atoms with Crippen molar-refractivity contribution in [2.75, 3.05) is 7.05 Å². The third-order valence-corrected chi connectivity index (χ3v) is 1.01. The van der Waals surface area contributed by atoms with Gasteiger partial charge in [-0.05, 0) is 19.9 Å². The maximum absolute atomic E-state index is 2.08. The topological polar surface area (TPSA) is 16.6 Å². The number of hydrogen-bond acceptors (Lipinski definition) is 0. The first-order valence-electron chi connectivity index (χ1n) is 4.90. The average Bonchev–Trinajstić information content (AvgIpc) is 2.20. The molecule has 0 radical (unpaired) electrons. The van der Waals surface area contributed by atoms with Crippen LogP contribution in [0.15, 0.2) is 23.9 Å². The molecule has 0 rings (SSSR count). The summed E-state index contributed by atoms with van der Waals surface area (Å²) in [6.07, 6.45) is 6.20. The van der Waals surface area contributed by atoms with Gasteiger partial charge in [-0.1, -0.05) is 39.3 Å². The number of hydrogen-bond donors (Lipinski definition) is 1.